The molecule has 0 fully saturated rings. The van der Waals surface area contributed by atoms with Crippen LogP contribution in [0.5, 0.6) is 0 Å². The van der Waals surface area contributed by atoms with E-state index >= 15 is 0 Å². The molecule has 0 bridgehead atoms. The van der Waals surface area contributed by atoms with Gasteiger partial charge in [0.25, 0.3) is 5.91 Å². The molecule has 1 amide bonds. The van der Waals surface area contributed by atoms with E-state index in [9.17, 15) is 9.59 Å². The molecule has 1 aromatic heterocycles. The number of nitrogens with zero attached hydrogens (tertiary/aromatic N) is 1. The van der Waals surface area contributed by atoms with Crippen LogP contribution in [0.1, 0.15) is 26.4 Å². The summed E-state index contributed by atoms with van der Waals surface area (Å²) < 4.78 is 0. The van der Waals surface area contributed by atoms with Gasteiger partial charge < -0.3 is 16.2 Å². The quantitative estimate of drug-likeness (QED) is 0.791. The SMILES string of the molecule is Cc1cc(NC(=O)c2ccc(N)cn2)ccc1C(=O)O. The number of carbonyl (C=O) groups excluding carboxylic acids is 1. The molecule has 20 heavy (non-hydrogen) atoms. The first-order chi connectivity index (χ1) is 9.47. The minimum absolute atomic E-state index is 0.202. The van der Waals surface area contributed by atoms with Crippen molar-refractivity contribution in [1.29, 1.82) is 0 Å². The monoisotopic (exact) mass is 271 g/mol. The second-order valence-electron chi connectivity index (χ2n) is 4.27. The number of nitrogen functional groups attached to an aromatic ring is 1. The lowest BCUT2D eigenvalue weighted by Gasteiger charge is -2.07. The third kappa shape index (κ3) is 2.92. The third-order valence-corrected chi connectivity index (χ3v) is 2.73. The third-order valence-electron chi connectivity index (χ3n) is 2.73. The summed E-state index contributed by atoms with van der Waals surface area (Å²) in [5.74, 6) is -1.38. The predicted molar refractivity (Wildman–Crippen MR) is 74.7 cm³/mol. The van der Waals surface area contributed by atoms with E-state index in [1.54, 1.807) is 19.1 Å². The maximum Gasteiger partial charge on any atom is 0.335 e. The van der Waals surface area contributed by atoms with Gasteiger partial charge in [0.1, 0.15) is 5.69 Å². The molecule has 1 aromatic carbocycles. The normalized spacial score (nSPS) is 10.1. The maximum atomic E-state index is 11.9. The molecule has 6 heteroatoms. The molecule has 0 aliphatic rings. The van der Waals surface area contributed by atoms with Crippen LogP contribution >= 0.6 is 0 Å². The van der Waals surface area contributed by atoms with Gasteiger partial charge in [-0.2, -0.15) is 0 Å². The molecule has 1 heterocycles. The van der Waals surface area contributed by atoms with Crippen LogP contribution in [0.25, 0.3) is 0 Å². The van der Waals surface area contributed by atoms with Gasteiger partial charge in [-0.25, -0.2) is 9.78 Å². The average Bonchev–Trinajstić information content (AvgIpc) is 2.39. The van der Waals surface area contributed by atoms with Crippen LogP contribution in [0.3, 0.4) is 0 Å². The fourth-order valence-corrected chi connectivity index (χ4v) is 1.72. The van der Waals surface area contributed by atoms with E-state index in [1.807, 2.05) is 0 Å². The zero-order valence-electron chi connectivity index (χ0n) is 10.8. The van der Waals surface area contributed by atoms with E-state index in [4.69, 9.17) is 10.8 Å². The topological polar surface area (TPSA) is 105 Å². The number of aryl methyl sites for hydroxylation is 1. The number of aromatic carboxylic acids is 1. The number of anilines is 2. The van der Waals surface area contributed by atoms with Gasteiger partial charge in [-0.15, -0.1) is 0 Å². The van der Waals surface area contributed by atoms with Crippen LogP contribution < -0.4 is 11.1 Å². The molecule has 0 aliphatic heterocycles. The Morgan fingerprint density at radius 2 is 2.00 bits per heavy atom. The van der Waals surface area contributed by atoms with E-state index in [2.05, 4.69) is 10.3 Å². The number of nitrogens with one attached hydrogen (secondary N) is 1. The van der Waals surface area contributed by atoms with Gasteiger partial charge in [0.15, 0.2) is 0 Å². The first kappa shape index (κ1) is 13.5. The lowest BCUT2D eigenvalue weighted by molar-refractivity contribution is 0.0696. The van der Waals surface area contributed by atoms with Gasteiger partial charge in [0, 0.05) is 5.69 Å². The highest BCUT2D eigenvalue weighted by molar-refractivity contribution is 6.03. The molecule has 0 saturated carbocycles. The smallest absolute Gasteiger partial charge is 0.335 e. The summed E-state index contributed by atoms with van der Waals surface area (Å²) >= 11 is 0. The van der Waals surface area contributed by atoms with Crippen molar-refractivity contribution in [2.75, 3.05) is 11.1 Å². The summed E-state index contributed by atoms with van der Waals surface area (Å²) in [7, 11) is 0. The number of benzene rings is 1. The Morgan fingerprint density at radius 3 is 2.55 bits per heavy atom. The highest BCUT2D eigenvalue weighted by Crippen LogP contribution is 2.16. The highest BCUT2D eigenvalue weighted by atomic mass is 16.4. The van der Waals surface area contributed by atoms with Crippen LogP contribution in [0.2, 0.25) is 0 Å². The largest absolute Gasteiger partial charge is 0.478 e. The van der Waals surface area contributed by atoms with Crippen molar-refractivity contribution in [2.45, 2.75) is 6.92 Å². The number of hydrogen-bond acceptors (Lipinski definition) is 4. The molecule has 4 N–H and O–H groups in total. The van der Waals surface area contributed by atoms with E-state index in [0.29, 0.717) is 16.9 Å². The van der Waals surface area contributed by atoms with Crippen molar-refractivity contribution >= 4 is 23.3 Å². The highest BCUT2D eigenvalue weighted by Gasteiger charge is 2.10. The molecule has 0 aliphatic carbocycles. The van der Waals surface area contributed by atoms with Gasteiger partial charge in [0.2, 0.25) is 0 Å². The molecular formula is C14H13N3O3. The summed E-state index contributed by atoms with van der Waals surface area (Å²) in [5, 5.41) is 11.6. The summed E-state index contributed by atoms with van der Waals surface area (Å²) in [6, 6.07) is 7.68. The Bertz CT molecular complexity index is 666. The first-order valence-electron chi connectivity index (χ1n) is 5.84. The van der Waals surface area contributed by atoms with Crippen LogP contribution in [-0.4, -0.2) is 22.0 Å². The predicted octanol–water partition coefficient (Wildman–Crippen LogP) is 1.92. The standard InChI is InChI=1S/C14H13N3O3/c1-8-6-10(3-4-11(8)14(19)20)17-13(18)12-5-2-9(15)7-16-12/h2-7H,15H2,1H3,(H,17,18)(H,19,20). The summed E-state index contributed by atoms with van der Waals surface area (Å²) in [5.41, 5.74) is 7.49. The Labute approximate surface area is 115 Å². The second kappa shape index (κ2) is 5.40. The molecule has 0 atom stereocenters. The summed E-state index contributed by atoms with van der Waals surface area (Å²) in [6.45, 7) is 1.67. The zero-order chi connectivity index (χ0) is 14.7. The van der Waals surface area contributed by atoms with E-state index in [-0.39, 0.29) is 17.2 Å². The molecule has 2 rings (SSSR count). The maximum absolute atomic E-state index is 11.9. The second-order valence-corrected chi connectivity index (χ2v) is 4.27. The number of rotatable bonds is 3. The summed E-state index contributed by atoms with van der Waals surface area (Å²) in [4.78, 5) is 26.7. The number of amides is 1. The van der Waals surface area contributed by atoms with E-state index < -0.39 is 5.97 Å². The Morgan fingerprint density at radius 1 is 1.25 bits per heavy atom. The minimum atomic E-state index is -0.999. The van der Waals surface area contributed by atoms with Crippen LogP contribution in [0, 0.1) is 6.92 Å². The van der Waals surface area contributed by atoms with Crippen molar-refractivity contribution in [3.05, 3.63) is 53.3 Å². The molecule has 0 spiro atoms. The average molecular weight is 271 g/mol. The lowest BCUT2D eigenvalue weighted by Crippen LogP contribution is -2.14. The number of carboxylic acid groups (broad SMARTS) is 1. The van der Waals surface area contributed by atoms with Crippen molar-refractivity contribution in [2.24, 2.45) is 0 Å². The lowest BCUT2D eigenvalue weighted by atomic mass is 10.1. The molecule has 0 radical (unpaired) electrons. The number of carboxylic acids is 1. The van der Waals surface area contributed by atoms with Gasteiger partial charge in [-0.05, 0) is 42.8 Å². The number of aromatic nitrogens is 1. The van der Waals surface area contributed by atoms with Gasteiger partial charge >= 0.3 is 5.97 Å². The van der Waals surface area contributed by atoms with Crippen molar-refractivity contribution in [3.8, 4) is 0 Å². The molecule has 2 aromatic rings. The molecular weight excluding hydrogens is 258 g/mol. The van der Waals surface area contributed by atoms with E-state index in [1.165, 1.54) is 24.4 Å². The molecule has 6 nitrogen and oxygen atoms in total. The fraction of sp³-hybridized carbons (Fsp3) is 0.0714. The Hall–Kier alpha value is -2.89. The Kier molecular flexibility index (Phi) is 3.65. The Balaban J connectivity index is 2.18. The number of hydrogen-bond donors (Lipinski definition) is 3. The molecule has 0 saturated heterocycles. The molecule has 102 valence electrons. The number of carbonyl (C=O) groups is 2. The van der Waals surface area contributed by atoms with Crippen LogP contribution in [-0.2, 0) is 0 Å². The van der Waals surface area contributed by atoms with Gasteiger partial charge in [-0.1, -0.05) is 0 Å². The zero-order valence-corrected chi connectivity index (χ0v) is 10.8. The van der Waals surface area contributed by atoms with Crippen molar-refractivity contribution in [3.63, 3.8) is 0 Å². The minimum Gasteiger partial charge on any atom is -0.478 e. The van der Waals surface area contributed by atoms with E-state index in [0.717, 1.165) is 0 Å². The van der Waals surface area contributed by atoms with Crippen molar-refractivity contribution < 1.29 is 14.7 Å². The van der Waals surface area contributed by atoms with Crippen LogP contribution in [0.15, 0.2) is 36.5 Å². The van der Waals surface area contributed by atoms with Gasteiger partial charge in [0.05, 0.1) is 17.4 Å². The number of pyridine rings is 1. The summed E-state index contributed by atoms with van der Waals surface area (Å²) in [6.07, 6.45) is 1.40. The van der Waals surface area contributed by atoms with Crippen LogP contribution in [0.4, 0.5) is 11.4 Å². The van der Waals surface area contributed by atoms with Gasteiger partial charge in [-0.3, -0.25) is 4.79 Å². The van der Waals surface area contributed by atoms with Crippen molar-refractivity contribution in [1.82, 2.24) is 4.98 Å². The first-order valence-corrected chi connectivity index (χ1v) is 5.84. The fourth-order valence-electron chi connectivity index (χ4n) is 1.72. The molecule has 0 unspecified atom stereocenters. The number of nitrogens with two attached hydrogens (primary N) is 1.